The molecule has 2 aromatic carbocycles. The van der Waals surface area contributed by atoms with Crippen molar-refractivity contribution >= 4 is 44.4 Å². The molecule has 0 saturated carbocycles. The molecule has 0 aliphatic carbocycles. The Morgan fingerprint density at radius 3 is 2.71 bits per heavy atom. The highest BCUT2D eigenvalue weighted by atomic mass is 79.9. The van der Waals surface area contributed by atoms with Gasteiger partial charge in [0.25, 0.3) is 5.56 Å². The summed E-state index contributed by atoms with van der Waals surface area (Å²) in [5, 5.41) is 1.06. The van der Waals surface area contributed by atoms with E-state index in [-0.39, 0.29) is 18.5 Å². The van der Waals surface area contributed by atoms with Crippen LogP contribution in [0.15, 0.2) is 58.1 Å². The zero-order chi connectivity index (χ0) is 17.1. The monoisotopic (exact) mass is 406 g/mol. The van der Waals surface area contributed by atoms with Crippen molar-refractivity contribution < 1.29 is 9.53 Å². The number of hydrogen-bond donors (Lipinski definition) is 0. The van der Waals surface area contributed by atoms with Gasteiger partial charge >= 0.3 is 5.97 Å². The van der Waals surface area contributed by atoms with E-state index in [2.05, 4.69) is 20.9 Å². The highest BCUT2D eigenvalue weighted by molar-refractivity contribution is 9.10. The predicted octanol–water partition coefficient (Wildman–Crippen LogP) is 3.81. The minimum absolute atomic E-state index is 0.0592. The summed E-state index contributed by atoms with van der Waals surface area (Å²) in [6, 6.07) is 11.8. The molecule has 24 heavy (non-hydrogen) atoms. The summed E-state index contributed by atoms with van der Waals surface area (Å²) in [6.45, 7) is 0.195. The standard InChI is InChI=1S/C17H12BrClN2O3/c18-11-1-6-15-14(9-11)17(23)21(10-20-15)8-7-16(22)24-13-4-2-12(19)3-5-13/h1-6,9-10H,7-8H2. The van der Waals surface area contributed by atoms with Crippen LogP contribution in [-0.2, 0) is 11.3 Å². The van der Waals surface area contributed by atoms with Crippen molar-refractivity contribution in [2.75, 3.05) is 0 Å². The molecule has 0 saturated heterocycles. The second kappa shape index (κ2) is 7.15. The third-order valence-corrected chi connectivity index (χ3v) is 4.13. The van der Waals surface area contributed by atoms with Crippen LogP contribution in [0.4, 0.5) is 0 Å². The Bertz CT molecular complexity index is 954. The van der Waals surface area contributed by atoms with Crippen LogP contribution < -0.4 is 10.3 Å². The molecule has 0 fully saturated rings. The summed E-state index contributed by atoms with van der Waals surface area (Å²) in [6.07, 6.45) is 1.50. The van der Waals surface area contributed by atoms with E-state index in [0.29, 0.717) is 21.7 Å². The Kier molecular flexibility index (Phi) is 4.97. The molecule has 3 aromatic rings. The SMILES string of the molecule is O=C(CCn1cnc2ccc(Br)cc2c1=O)Oc1ccc(Cl)cc1. The molecule has 0 aliphatic rings. The number of carbonyl (C=O) groups is 1. The van der Waals surface area contributed by atoms with E-state index in [1.165, 1.54) is 10.9 Å². The van der Waals surface area contributed by atoms with Crippen molar-refractivity contribution in [1.82, 2.24) is 9.55 Å². The van der Waals surface area contributed by atoms with Crippen LogP contribution in [0.5, 0.6) is 5.75 Å². The van der Waals surface area contributed by atoms with Gasteiger partial charge < -0.3 is 4.74 Å². The molecule has 0 bridgehead atoms. The molecule has 0 N–H and O–H groups in total. The van der Waals surface area contributed by atoms with Crippen molar-refractivity contribution in [3.8, 4) is 5.75 Å². The number of ether oxygens (including phenoxy) is 1. The second-order valence-electron chi connectivity index (χ2n) is 5.08. The number of hydrogen-bond acceptors (Lipinski definition) is 4. The van der Waals surface area contributed by atoms with Crippen LogP contribution in [-0.4, -0.2) is 15.5 Å². The summed E-state index contributed by atoms with van der Waals surface area (Å²) in [4.78, 5) is 28.6. The van der Waals surface area contributed by atoms with Gasteiger partial charge in [0, 0.05) is 16.0 Å². The van der Waals surface area contributed by atoms with Gasteiger partial charge in [-0.25, -0.2) is 4.98 Å². The number of halogens is 2. The summed E-state index contributed by atoms with van der Waals surface area (Å²) < 4.78 is 7.40. The number of rotatable bonds is 4. The molecule has 0 spiro atoms. The van der Waals surface area contributed by atoms with Gasteiger partial charge in [-0.15, -0.1) is 0 Å². The Morgan fingerprint density at radius 1 is 1.21 bits per heavy atom. The third kappa shape index (κ3) is 3.83. The van der Waals surface area contributed by atoms with Gasteiger partial charge in [-0.3, -0.25) is 14.2 Å². The second-order valence-corrected chi connectivity index (χ2v) is 6.43. The summed E-state index contributed by atoms with van der Waals surface area (Å²) in [5.41, 5.74) is 0.420. The molecule has 0 amide bonds. The van der Waals surface area contributed by atoms with Gasteiger partial charge in [0.1, 0.15) is 5.75 Å². The highest BCUT2D eigenvalue weighted by Gasteiger charge is 2.09. The minimum Gasteiger partial charge on any atom is -0.426 e. The largest absolute Gasteiger partial charge is 0.426 e. The van der Waals surface area contributed by atoms with Crippen LogP contribution in [0.25, 0.3) is 10.9 Å². The zero-order valence-corrected chi connectivity index (χ0v) is 14.8. The molecule has 0 unspecified atom stereocenters. The molecule has 5 nitrogen and oxygen atoms in total. The number of fused-ring (bicyclic) bond motifs is 1. The molecule has 1 heterocycles. The fourth-order valence-corrected chi connectivity index (χ4v) is 2.67. The van der Waals surface area contributed by atoms with Crippen molar-refractivity contribution in [3.05, 3.63) is 68.6 Å². The van der Waals surface area contributed by atoms with Gasteiger partial charge in [0.2, 0.25) is 0 Å². The predicted molar refractivity (Wildman–Crippen MR) is 95.4 cm³/mol. The third-order valence-electron chi connectivity index (χ3n) is 3.39. The average Bonchev–Trinajstić information content (AvgIpc) is 2.57. The molecule has 0 atom stereocenters. The molecule has 0 radical (unpaired) electrons. The van der Waals surface area contributed by atoms with Crippen LogP contribution in [0.1, 0.15) is 6.42 Å². The fourth-order valence-electron chi connectivity index (χ4n) is 2.19. The van der Waals surface area contributed by atoms with Crippen LogP contribution >= 0.6 is 27.5 Å². The Morgan fingerprint density at radius 2 is 1.96 bits per heavy atom. The number of aryl methyl sites for hydroxylation is 1. The highest BCUT2D eigenvalue weighted by Crippen LogP contribution is 2.16. The lowest BCUT2D eigenvalue weighted by atomic mass is 10.2. The lowest BCUT2D eigenvalue weighted by molar-refractivity contribution is -0.134. The van der Waals surface area contributed by atoms with Gasteiger partial charge in [-0.2, -0.15) is 0 Å². The molecule has 122 valence electrons. The number of esters is 1. The lowest BCUT2D eigenvalue weighted by Crippen LogP contribution is -2.23. The van der Waals surface area contributed by atoms with Crippen LogP contribution in [0, 0.1) is 0 Å². The van der Waals surface area contributed by atoms with Crippen molar-refractivity contribution in [3.63, 3.8) is 0 Å². The van der Waals surface area contributed by atoms with E-state index in [1.54, 1.807) is 36.4 Å². The first-order valence-electron chi connectivity index (χ1n) is 7.14. The maximum Gasteiger partial charge on any atom is 0.312 e. The van der Waals surface area contributed by atoms with E-state index in [4.69, 9.17) is 16.3 Å². The maximum absolute atomic E-state index is 12.4. The Hall–Kier alpha value is -2.18. The smallest absolute Gasteiger partial charge is 0.312 e. The fraction of sp³-hybridized carbons (Fsp3) is 0.118. The van der Waals surface area contributed by atoms with Crippen molar-refractivity contribution in [1.29, 1.82) is 0 Å². The summed E-state index contributed by atoms with van der Waals surface area (Å²) in [7, 11) is 0. The summed E-state index contributed by atoms with van der Waals surface area (Å²) in [5.74, 6) is -0.0177. The number of carbonyl (C=O) groups excluding carboxylic acids is 1. The first-order chi connectivity index (χ1) is 11.5. The molecule has 1 aromatic heterocycles. The molecule has 0 aliphatic heterocycles. The average molecular weight is 408 g/mol. The molecule has 7 heteroatoms. The number of nitrogens with zero attached hydrogens (tertiary/aromatic N) is 2. The molecule has 3 rings (SSSR count). The van der Waals surface area contributed by atoms with E-state index in [9.17, 15) is 9.59 Å². The van der Waals surface area contributed by atoms with Gasteiger partial charge in [-0.05, 0) is 42.5 Å². The van der Waals surface area contributed by atoms with Gasteiger partial charge in [-0.1, -0.05) is 27.5 Å². The number of aromatic nitrogens is 2. The van der Waals surface area contributed by atoms with Crippen molar-refractivity contribution in [2.24, 2.45) is 0 Å². The lowest BCUT2D eigenvalue weighted by Gasteiger charge is -2.07. The quantitative estimate of drug-likeness (QED) is 0.487. The number of benzene rings is 2. The maximum atomic E-state index is 12.4. The minimum atomic E-state index is -0.432. The van der Waals surface area contributed by atoms with Gasteiger partial charge in [0.15, 0.2) is 0 Å². The van der Waals surface area contributed by atoms with Crippen LogP contribution in [0.2, 0.25) is 5.02 Å². The Balaban J connectivity index is 1.71. The Labute approximate surface area is 151 Å². The zero-order valence-electron chi connectivity index (χ0n) is 12.4. The van der Waals surface area contributed by atoms with E-state index in [1.807, 2.05) is 6.07 Å². The van der Waals surface area contributed by atoms with Gasteiger partial charge in [0.05, 0.1) is 23.7 Å². The van der Waals surface area contributed by atoms with E-state index < -0.39 is 5.97 Å². The van der Waals surface area contributed by atoms with E-state index >= 15 is 0 Å². The first-order valence-corrected chi connectivity index (χ1v) is 8.31. The normalized spacial score (nSPS) is 10.8. The first kappa shape index (κ1) is 16.7. The van der Waals surface area contributed by atoms with E-state index in [0.717, 1.165) is 4.47 Å². The summed E-state index contributed by atoms with van der Waals surface area (Å²) >= 11 is 9.11. The van der Waals surface area contributed by atoms with Crippen LogP contribution in [0.3, 0.4) is 0 Å². The topological polar surface area (TPSA) is 61.2 Å². The molecular weight excluding hydrogens is 396 g/mol. The van der Waals surface area contributed by atoms with Crippen molar-refractivity contribution in [2.45, 2.75) is 13.0 Å². The molecular formula is C17H12BrClN2O3.